The summed E-state index contributed by atoms with van der Waals surface area (Å²) in [5.74, 6) is -1.29. The molecule has 0 heterocycles. The van der Waals surface area contributed by atoms with E-state index >= 15 is 0 Å². The summed E-state index contributed by atoms with van der Waals surface area (Å²) in [5, 5.41) is 3.66. The van der Waals surface area contributed by atoms with Gasteiger partial charge in [-0.2, -0.15) is 25.3 Å². The van der Waals surface area contributed by atoms with E-state index in [4.69, 9.17) is 11.5 Å². The summed E-state index contributed by atoms with van der Waals surface area (Å²) in [7, 11) is 0. The molecule has 0 aromatic rings. The Labute approximate surface area is 171 Å². The van der Waals surface area contributed by atoms with E-state index in [1.165, 1.54) is 12.2 Å². The van der Waals surface area contributed by atoms with Gasteiger partial charge in [0.25, 0.3) is 0 Å². The van der Waals surface area contributed by atoms with Crippen LogP contribution in [0.4, 0.5) is 0 Å². The molecule has 0 aromatic heterocycles. The first kappa shape index (κ1) is 20.9. The molecule has 8 unspecified atom stereocenters. The lowest BCUT2D eigenvalue weighted by Gasteiger charge is -2.47. The first-order valence-corrected chi connectivity index (χ1v) is 10.5. The minimum absolute atomic E-state index is 0.0210. The normalized spacial score (nSPS) is 42.7. The van der Waals surface area contributed by atoms with Gasteiger partial charge >= 0.3 is 0 Å². The smallest absolute Gasteiger partial charge is 0.169 e. The van der Waals surface area contributed by atoms with Crippen molar-refractivity contribution in [3.8, 4) is 0 Å². The van der Waals surface area contributed by atoms with E-state index in [-0.39, 0.29) is 40.2 Å². The Balaban J connectivity index is 1.91. The van der Waals surface area contributed by atoms with Gasteiger partial charge in [0.2, 0.25) is 0 Å². The summed E-state index contributed by atoms with van der Waals surface area (Å²) in [6, 6.07) is -0.412. The minimum Gasteiger partial charge on any atom is -0.327 e. The SMILES string of the molecule is C=CC1=C(C=C)C(=O)C2C(N)C(S)CC(NC3CCC(S)C(N)C3)C2C1=O. The van der Waals surface area contributed by atoms with Crippen LogP contribution in [0.3, 0.4) is 0 Å². The zero-order valence-electron chi connectivity index (χ0n) is 15.4. The summed E-state index contributed by atoms with van der Waals surface area (Å²) in [6.45, 7) is 7.43. The Morgan fingerprint density at radius 3 is 2.07 bits per heavy atom. The van der Waals surface area contributed by atoms with Crippen LogP contribution in [0.15, 0.2) is 36.5 Å². The third-order valence-corrected chi connectivity index (χ3v) is 7.52. The zero-order valence-corrected chi connectivity index (χ0v) is 17.2. The van der Waals surface area contributed by atoms with E-state index in [2.05, 4.69) is 43.7 Å². The van der Waals surface area contributed by atoms with Gasteiger partial charge in [-0.15, -0.1) is 0 Å². The Bertz CT molecular complexity index is 693. The maximum atomic E-state index is 13.2. The van der Waals surface area contributed by atoms with Crippen molar-refractivity contribution >= 4 is 36.8 Å². The fourth-order valence-electron chi connectivity index (χ4n) is 4.84. The maximum absolute atomic E-state index is 13.2. The molecule has 27 heavy (non-hydrogen) atoms. The maximum Gasteiger partial charge on any atom is 0.169 e. The average Bonchev–Trinajstić information content (AvgIpc) is 2.63. The highest BCUT2D eigenvalue weighted by Gasteiger charge is 2.52. The van der Waals surface area contributed by atoms with Gasteiger partial charge in [0.15, 0.2) is 11.6 Å². The van der Waals surface area contributed by atoms with E-state index in [0.29, 0.717) is 17.6 Å². The van der Waals surface area contributed by atoms with Crippen LogP contribution >= 0.6 is 25.3 Å². The number of carbonyl (C=O) groups is 2. The van der Waals surface area contributed by atoms with Crippen molar-refractivity contribution in [1.29, 1.82) is 0 Å². The van der Waals surface area contributed by atoms with Crippen LogP contribution in [0.5, 0.6) is 0 Å². The zero-order chi connectivity index (χ0) is 19.9. The first-order chi connectivity index (χ1) is 12.8. The van der Waals surface area contributed by atoms with Gasteiger partial charge in [-0.1, -0.05) is 25.3 Å². The number of nitrogens with one attached hydrogen (secondary N) is 1. The third kappa shape index (κ3) is 3.72. The van der Waals surface area contributed by atoms with E-state index in [0.717, 1.165) is 19.3 Å². The van der Waals surface area contributed by atoms with Crippen molar-refractivity contribution in [1.82, 2.24) is 5.32 Å². The summed E-state index contributed by atoms with van der Waals surface area (Å²) in [6.07, 6.45) is 6.22. The molecule has 5 nitrogen and oxygen atoms in total. The molecule has 0 saturated heterocycles. The molecular weight excluding hydrogens is 378 g/mol. The molecule has 148 valence electrons. The fourth-order valence-corrected chi connectivity index (χ4v) is 5.52. The molecule has 0 spiro atoms. The molecule has 3 aliphatic carbocycles. The number of hydrogen-bond acceptors (Lipinski definition) is 7. The molecule has 0 aliphatic heterocycles. The lowest BCUT2D eigenvalue weighted by molar-refractivity contribution is -0.133. The Kier molecular flexibility index (Phi) is 6.37. The Hall–Kier alpha value is -0.860. The summed E-state index contributed by atoms with van der Waals surface area (Å²) in [5.41, 5.74) is 13.2. The quantitative estimate of drug-likeness (QED) is 0.451. The van der Waals surface area contributed by atoms with Crippen LogP contribution in [0.25, 0.3) is 0 Å². The summed E-state index contributed by atoms with van der Waals surface area (Å²) in [4.78, 5) is 26.3. The number of Topliss-reactive ketones (excluding diaryl/α,β-unsaturated/α-hetero) is 2. The van der Waals surface area contributed by atoms with E-state index in [1.54, 1.807) is 0 Å². The monoisotopic (exact) mass is 407 g/mol. The second-order valence-corrected chi connectivity index (χ2v) is 9.24. The van der Waals surface area contributed by atoms with Crippen molar-refractivity contribution in [2.45, 2.75) is 60.4 Å². The molecule has 0 aromatic carbocycles. The predicted molar refractivity (Wildman–Crippen MR) is 115 cm³/mol. The van der Waals surface area contributed by atoms with Crippen molar-refractivity contribution in [3.63, 3.8) is 0 Å². The topological polar surface area (TPSA) is 98.2 Å². The first-order valence-electron chi connectivity index (χ1n) is 9.51. The number of fused-ring (bicyclic) bond motifs is 1. The van der Waals surface area contributed by atoms with E-state index in [9.17, 15) is 9.59 Å². The highest BCUT2D eigenvalue weighted by atomic mass is 32.1. The predicted octanol–water partition coefficient (Wildman–Crippen LogP) is 1.20. The van der Waals surface area contributed by atoms with E-state index in [1.807, 2.05) is 0 Å². The molecule has 0 radical (unpaired) electrons. The van der Waals surface area contributed by atoms with E-state index < -0.39 is 17.9 Å². The number of nitrogens with two attached hydrogens (primary N) is 2. The van der Waals surface area contributed by atoms with Crippen LogP contribution in [-0.4, -0.2) is 46.2 Å². The minimum atomic E-state index is -0.585. The highest BCUT2D eigenvalue weighted by molar-refractivity contribution is 7.81. The molecular formula is C20H29N3O2S2. The second-order valence-electron chi connectivity index (χ2n) is 7.91. The molecule has 5 N–H and O–H groups in total. The van der Waals surface area contributed by atoms with Crippen molar-refractivity contribution < 1.29 is 9.59 Å². The van der Waals surface area contributed by atoms with Crippen molar-refractivity contribution in [2.24, 2.45) is 23.3 Å². The Morgan fingerprint density at radius 2 is 1.52 bits per heavy atom. The molecule has 7 heteroatoms. The number of carbonyl (C=O) groups excluding carboxylic acids is 2. The lowest BCUT2D eigenvalue weighted by Crippen LogP contribution is -2.63. The fraction of sp³-hybridized carbons (Fsp3) is 0.600. The molecule has 0 amide bonds. The number of thiol groups is 2. The van der Waals surface area contributed by atoms with Crippen LogP contribution in [0, 0.1) is 11.8 Å². The molecule has 3 aliphatic rings. The van der Waals surface area contributed by atoms with Gasteiger partial charge < -0.3 is 16.8 Å². The van der Waals surface area contributed by atoms with Gasteiger partial charge in [0, 0.05) is 51.7 Å². The summed E-state index contributed by atoms with van der Waals surface area (Å²) < 4.78 is 0. The third-order valence-electron chi connectivity index (χ3n) is 6.32. The van der Waals surface area contributed by atoms with Crippen LogP contribution in [0.1, 0.15) is 25.7 Å². The molecule has 0 bridgehead atoms. The summed E-state index contributed by atoms with van der Waals surface area (Å²) >= 11 is 9.16. The van der Waals surface area contributed by atoms with Gasteiger partial charge in [-0.3, -0.25) is 9.59 Å². The average molecular weight is 408 g/mol. The second kappa shape index (κ2) is 8.25. The van der Waals surface area contributed by atoms with Gasteiger partial charge in [-0.25, -0.2) is 0 Å². The van der Waals surface area contributed by atoms with Crippen LogP contribution in [0.2, 0.25) is 0 Å². The molecule has 8 atom stereocenters. The van der Waals surface area contributed by atoms with Crippen molar-refractivity contribution in [2.75, 3.05) is 0 Å². The highest BCUT2D eigenvalue weighted by Crippen LogP contribution is 2.41. The number of allylic oxidation sites excluding steroid dienone is 4. The molecule has 2 fully saturated rings. The van der Waals surface area contributed by atoms with Crippen LogP contribution < -0.4 is 16.8 Å². The van der Waals surface area contributed by atoms with Gasteiger partial charge in [0.05, 0.1) is 5.92 Å². The van der Waals surface area contributed by atoms with Gasteiger partial charge in [-0.05, 0) is 25.7 Å². The molecule has 2 saturated carbocycles. The number of hydrogen-bond donors (Lipinski definition) is 5. The molecule has 3 rings (SSSR count). The van der Waals surface area contributed by atoms with Crippen molar-refractivity contribution in [3.05, 3.63) is 36.5 Å². The Morgan fingerprint density at radius 1 is 0.926 bits per heavy atom. The standard InChI is InChI=1S/C20H29N3O2S2/c1-3-10-11(4-2)20(25)17-16(19(10)24)13(8-15(27)18(17)22)23-9-5-6-14(26)12(21)7-9/h3-4,9,12-18,23,26-27H,1-2,5-8,21-22H2. The van der Waals surface area contributed by atoms with Gasteiger partial charge in [0.1, 0.15) is 0 Å². The largest absolute Gasteiger partial charge is 0.327 e. The van der Waals surface area contributed by atoms with Crippen LogP contribution in [-0.2, 0) is 9.59 Å². The number of ketones is 2. The lowest BCUT2D eigenvalue weighted by atomic mass is 9.63. The number of rotatable bonds is 4.